The Morgan fingerprint density at radius 3 is 2.76 bits per heavy atom. The third-order valence-corrected chi connectivity index (χ3v) is 7.24. The first-order chi connectivity index (χ1) is 16.6. The average Bonchev–Trinajstić information content (AvgIpc) is 3.11. The quantitative estimate of drug-likeness (QED) is 0.473. The van der Waals surface area contributed by atoms with Crippen LogP contribution in [0, 0.1) is 5.92 Å². The van der Waals surface area contributed by atoms with Gasteiger partial charge in [0.1, 0.15) is 0 Å². The summed E-state index contributed by atoms with van der Waals surface area (Å²) in [7, 11) is 1.81. The number of fused-ring (bicyclic) bond motifs is 1. The number of aliphatic hydroxyl groups is 1. The highest BCUT2D eigenvalue weighted by Gasteiger charge is 2.29. The van der Waals surface area contributed by atoms with Gasteiger partial charge in [-0.15, -0.1) is 0 Å². The van der Waals surface area contributed by atoms with Gasteiger partial charge < -0.3 is 34.9 Å². The lowest BCUT2D eigenvalue weighted by atomic mass is 9.93. The third-order valence-electron chi connectivity index (χ3n) is 7.24. The van der Waals surface area contributed by atoms with E-state index >= 15 is 0 Å². The Morgan fingerprint density at radius 2 is 1.97 bits per heavy atom. The first kappa shape index (κ1) is 25.1. The smallest absolute Gasteiger partial charge is 0.255 e. The predicted octanol–water partition coefficient (Wildman–Crippen LogP) is 3.04. The van der Waals surface area contributed by atoms with Crippen molar-refractivity contribution in [3.63, 3.8) is 0 Å². The molecule has 8 nitrogen and oxygen atoms in total. The van der Waals surface area contributed by atoms with Crippen molar-refractivity contribution in [2.24, 2.45) is 5.92 Å². The molecule has 1 aromatic carbocycles. The maximum Gasteiger partial charge on any atom is 0.255 e. The van der Waals surface area contributed by atoms with Crippen LogP contribution in [0.15, 0.2) is 12.1 Å². The maximum absolute atomic E-state index is 13.0. The number of hydrogen-bond donors (Lipinski definition) is 3. The molecule has 2 atom stereocenters. The number of benzene rings is 1. The van der Waals surface area contributed by atoms with Crippen LogP contribution in [0.1, 0.15) is 61.7 Å². The minimum Gasteiger partial charge on any atom is -0.489 e. The average molecular weight is 476 g/mol. The number of nitrogens with one attached hydrogen (secondary N) is 2. The zero-order valence-corrected chi connectivity index (χ0v) is 20.5. The van der Waals surface area contributed by atoms with Crippen LogP contribution in [0.25, 0.3) is 0 Å². The molecular weight excluding hydrogens is 434 g/mol. The van der Waals surface area contributed by atoms with Gasteiger partial charge in [0, 0.05) is 57.4 Å². The van der Waals surface area contributed by atoms with E-state index in [4.69, 9.17) is 14.2 Å². The molecule has 3 aliphatic rings. The van der Waals surface area contributed by atoms with Crippen LogP contribution in [0.4, 0.5) is 5.69 Å². The summed E-state index contributed by atoms with van der Waals surface area (Å²) in [5.74, 6) is 0.936. The second kappa shape index (κ2) is 12.6. The van der Waals surface area contributed by atoms with E-state index < -0.39 is 6.10 Å². The molecule has 8 heteroatoms. The number of rotatable bonds is 9. The number of β-amino-alcohol motifs (C(OH)–C–C–N with tert-alkyl or cyclic N) is 1. The van der Waals surface area contributed by atoms with Gasteiger partial charge in [0.05, 0.1) is 31.0 Å². The van der Waals surface area contributed by atoms with Crippen molar-refractivity contribution in [1.29, 1.82) is 0 Å². The van der Waals surface area contributed by atoms with Gasteiger partial charge in [-0.05, 0) is 38.3 Å². The van der Waals surface area contributed by atoms with Gasteiger partial charge in [-0.2, -0.15) is 0 Å². The molecule has 3 N–H and O–H groups in total. The summed E-state index contributed by atoms with van der Waals surface area (Å²) in [6.45, 7) is 4.86. The number of likely N-dealkylation sites (tertiary alicyclic amines) is 1. The first-order valence-electron chi connectivity index (χ1n) is 13.1. The standard InChI is InChI=1S/C26H41N3O5/c1-27-20-15-22(25-24(16-20)33-13-6-14-34-25)26(31)28-17-19-9-11-29(18-23(19)30)10-5-12-32-21-7-3-2-4-8-21/h15-16,19,21,23,27,30H,2-14,17-18H2,1H3,(H,28,31)/t19-,23+/m0/s1. The summed E-state index contributed by atoms with van der Waals surface area (Å²) in [5.41, 5.74) is 1.27. The fraction of sp³-hybridized carbons (Fsp3) is 0.731. The number of nitrogens with zero attached hydrogens (tertiary/aromatic N) is 1. The van der Waals surface area contributed by atoms with Crippen LogP contribution in [-0.2, 0) is 4.74 Å². The normalized spacial score (nSPS) is 23.8. The van der Waals surface area contributed by atoms with Crippen molar-refractivity contribution in [3.05, 3.63) is 17.7 Å². The molecule has 1 saturated heterocycles. The van der Waals surface area contributed by atoms with Gasteiger partial charge >= 0.3 is 0 Å². The minimum atomic E-state index is -0.450. The van der Waals surface area contributed by atoms with Crippen LogP contribution in [0.2, 0.25) is 0 Å². The van der Waals surface area contributed by atoms with Gasteiger partial charge in [-0.25, -0.2) is 0 Å². The number of hydrogen-bond acceptors (Lipinski definition) is 7. The number of piperidine rings is 1. The Bertz CT molecular complexity index is 799. The minimum absolute atomic E-state index is 0.0435. The van der Waals surface area contributed by atoms with Crippen molar-refractivity contribution < 1.29 is 24.1 Å². The SMILES string of the molecule is CNc1cc2c(c(C(=O)NC[C@@H]3CCN(CCCOC4CCCCC4)C[C@H]3O)c1)OCCCO2. The molecule has 1 amide bonds. The van der Waals surface area contributed by atoms with Crippen LogP contribution < -0.4 is 20.1 Å². The molecule has 190 valence electrons. The second-order valence-electron chi connectivity index (χ2n) is 9.76. The topological polar surface area (TPSA) is 92.3 Å². The molecule has 0 bridgehead atoms. The predicted molar refractivity (Wildman–Crippen MR) is 132 cm³/mol. The molecule has 1 aliphatic carbocycles. The lowest BCUT2D eigenvalue weighted by molar-refractivity contribution is 0.00425. The monoisotopic (exact) mass is 475 g/mol. The summed E-state index contributed by atoms with van der Waals surface area (Å²) in [6, 6.07) is 3.65. The zero-order chi connectivity index (χ0) is 23.8. The van der Waals surface area contributed by atoms with Gasteiger partial charge in [0.2, 0.25) is 0 Å². The molecule has 1 aromatic rings. The summed E-state index contributed by atoms with van der Waals surface area (Å²) >= 11 is 0. The number of carbonyl (C=O) groups is 1. The Kier molecular flexibility index (Phi) is 9.30. The fourth-order valence-corrected chi connectivity index (χ4v) is 5.16. The molecule has 0 aromatic heterocycles. The number of anilines is 1. The number of aliphatic hydroxyl groups excluding tert-OH is 1. The molecule has 4 rings (SSSR count). The Balaban J connectivity index is 1.22. The third kappa shape index (κ3) is 6.77. The summed E-state index contributed by atoms with van der Waals surface area (Å²) in [5, 5.41) is 16.8. The molecule has 1 saturated carbocycles. The van der Waals surface area contributed by atoms with E-state index in [1.54, 1.807) is 6.07 Å². The second-order valence-corrected chi connectivity index (χ2v) is 9.76. The summed E-state index contributed by atoms with van der Waals surface area (Å²) in [6.07, 6.45) is 8.99. The van der Waals surface area contributed by atoms with Gasteiger partial charge in [0.25, 0.3) is 5.91 Å². The van der Waals surface area contributed by atoms with Crippen molar-refractivity contribution >= 4 is 11.6 Å². The van der Waals surface area contributed by atoms with E-state index in [-0.39, 0.29) is 11.8 Å². The van der Waals surface area contributed by atoms with Crippen molar-refractivity contribution in [2.45, 2.75) is 63.6 Å². The Morgan fingerprint density at radius 1 is 1.15 bits per heavy atom. The maximum atomic E-state index is 13.0. The fourth-order valence-electron chi connectivity index (χ4n) is 5.16. The van der Waals surface area contributed by atoms with Gasteiger partial charge in [-0.3, -0.25) is 4.79 Å². The van der Waals surface area contributed by atoms with E-state index in [9.17, 15) is 9.90 Å². The molecule has 2 fully saturated rings. The van der Waals surface area contributed by atoms with Gasteiger partial charge in [0.15, 0.2) is 11.5 Å². The summed E-state index contributed by atoms with van der Waals surface area (Å²) < 4.78 is 17.6. The highest BCUT2D eigenvalue weighted by molar-refractivity contribution is 5.99. The van der Waals surface area contributed by atoms with E-state index in [0.29, 0.717) is 49.5 Å². The van der Waals surface area contributed by atoms with E-state index in [1.165, 1.54) is 32.1 Å². The summed E-state index contributed by atoms with van der Waals surface area (Å²) in [4.78, 5) is 15.3. The molecule has 0 spiro atoms. The molecule has 0 unspecified atom stereocenters. The molecule has 34 heavy (non-hydrogen) atoms. The lowest BCUT2D eigenvalue weighted by Gasteiger charge is -2.36. The molecule has 2 aliphatic heterocycles. The van der Waals surface area contributed by atoms with E-state index in [0.717, 1.165) is 44.6 Å². The Hall–Kier alpha value is -2.03. The first-order valence-corrected chi connectivity index (χ1v) is 13.1. The van der Waals surface area contributed by atoms with Crippen molar-refractivity contribution in [1.82, 2.24) is 10.2 Å². The largest absolute Gasteiger partial charge is 0.489 e. The highest BCUT2D eigenvalue weighted by atomic mass is 16.5. The van der Waals surface area contributed by atoms with E-state index in [1.807, 2.05) is 13.1 Å². The van der Waals surface area contributed by atoms with Crippen LogP contribution in [0.5, 0.6) is 11.5 Å². The molecule has 2 heterocycles. The van der Waals surface area contributed by atoms with Crippen LogP contribution >= 0.6 is 0 Å². The molecular formula is C26H41N3O5. The van der Waals surface area contributed by atoms with E-state index in [2.05, 4.69) is 15.5 Å². The highest BCUT2D eigenvalue weighted by Crippen LogP contribution is 2.36. The molecule has 0 radical (unpaired) electrons. The number of amides is 1. The lowest BCUT2D eigenvalue weighted by Crippen LogP contribution is -2.48. The van der Waals surface area contributed by atoms with Crippen LogP contribution in [-0.4, -0.2) is 81.2 Å². The number of carbonyl (C=O) groups excluding carboxylic acids is 1. The number of ether oxygens (including phenoxy) is 3. The van der Waals surface area contributed by atoms with Crippen LogP contribution in [0.3, 0.4) is 0 Å². The van der Waals surface area contributed by atoms with Crippen molar-refractivity contribution in [2.75, 3.05) is 58.4 Å². The van der Waals surface area contributed by atoms with Crippen molar-refractivity contribution in [3.8, 4) is 11.5 Å². The van der Waals surface area contributed by atoms with Gasteiger partial charge in [-0.1, -0.05) is 19.3 Å². The Labute approximate surface area is 203 Å². The zero-order valence-electron chi connectivity index (χ0n) is 20.5.